The van der Waals surface area contributed by atoms with Gasteiger partial charge in [0.1, 0.15) is 5.75 Å². The molecule has 7 nitrogen and oxygen atoms in total. The first kappa shape index (κ1) is 20.5. The first-order valence-corrected chi connectivity index (χ1v) is 8.39. The summed E-state index contributed by atoms with van der Waals surface area (Å²) in [6.07, 6.45) is 0.673. The van der Waals surface area contributed by atoms with Crippen LogP contribution in [0.15, 0.2) is 24.3 Å². The second-order valence-corrected chi connectivity index (χ2v) is 5.77. The van der Waals surface area contributed by atoms with Gasteiger partial charge < -0.3 is 20.5 Å². The van der Waals surface area contributed by atoms with Gasteiger partial charge >= 0.3 is 5.97 Å². The fourth-order valence-corrected chi connectivity index (χ4v) is 2.15. The highest BCUT2D eigenvalue weighted by Crippen LogP contribution is 2.17. The van der Waals surface area contributed by atoms with E-state index >= 15 is 0 Å². The first-order valence-electron chi connectivity index (χ1n) is 8.39. The van der Waals surface area contributed by atoms with Gasteiger partial charge in [0.05, 0.1) is 18.1 Å². The van der Waals surface area contributed by atoms with Crippen molar-refractivity contribution in [3.8, 4) is 5.75 Å². The number of amides is 2. The fourth-order valence-electron chi connectivity index (χ4n) is 2.15. The SMILES string of the molecule is CCOc1ccccc1C(=O)NCCCC(=O)NC(C)C(C)C(=O)O. The van der Waals surface area contributed by atoms with Crippen LogP contribution in [0.3, 0.4) is 0 Å². The molecule has 0 aromatic heterocycles. The van der Waals surface area contributed by atoms with Crippen molar-refractivity contribution in [1.82, 2.24) is 10.6 Å². The van der Waals surface area contributed by atoms with Crippen LogP contribution in [0.5, 0.6) is 5.75 Å². The summed E-state index contributed by atoms with van der Waals surface area (Å²) in [4.78, 5) is 34.8. The number of aliphatic carboxylic acids is 1. The second-order valence-electron chi connectivity index (χ2n) is 5.77. The summed E-state index contributed by atoms with van der Waals surface area (Å²) in [5, 5.41) is 14.3. The van der Waals surface area contributed by atoms with Gasteiger partial charge in [0.15, 0.2) is 0 Å². The van der Waals surface area contributed by atoms with Gasteiger partial charge in [-0.1, -0.05) is 12.1 Å². The number of carboxylic acid groups (broad SMARTS) is 1. The molecule has 138 valence electrons. The molecule has 2 amide bonds. The van der Waals surface area contributed by atoms with Crippen molar-refractivity contribution in [2.45, 2.75) is 39.7 Å². The van der Waals surface area contributed by atoms with Crippen LogP contribution < -0.4 is 15.4 Å². The van der Waals surface area contributed by atoms with E-state index in [4.69, 9.17) is 9.84 Å². The van der Waals surface area contributed by atoms with Gasteiger partial charge in [-0.05, 0) is 39.3 Å². The Labute approximate surface area is 147 Å². The van der Waals surface area contributed by atoms with Crippen LogP contribution in [0.4, 0.5) is 0 Å². The Balaban J connectivity index is 2.37. The molecular weight excluding hydrogens is 324 g/mol. The number of rotatable bonds is 10. The lowest BCUT2D eigenvalue weighted by Gasteiger charge is -2.17. The minimum atomic E-state index is -0.951. The van der Waals surface area contributed by atoms with Gasteiger partial charge in [0.2, 0.25) is 5.91 Å². The maximum Gasteiger partial charge on any atom is 0.308 e. The maximum absolute atomic E-state index is 12.2. The molecule has 0 heterocycles. The van der Waals surface area contributed by atoms with Gasteiger partial charge in [0, 0.05) is 19.0 Å². The first-order chi connectivity index (χ1) is 11.9. The Bertz CT molecular complexity index is 603. The van der Waals surface area contributed by atoms with Gasteiger partial charge in [-0.2, -0.15) is 0 Å². The molecule has 1 rings (SSSR count). The molecule has 2 atom stereocenters. The summed E-state index contributed by atoms with van der Waals surface area (Å²) in [6.45, 7) is 5.86. The molecule has 0 saturated heterocycles. The van der Waals surface area contributed by atoms with Crippen LogP contribution in [0, 0.1) is 5.92 Å². The zero-order chi connectivity index (χ0) is 18.8. The Kier molecular flexibility index (Phi) is 8.46. The van der Waals surface area contributed by atoms with Crippen LogP contribution in [-0.4, -0.2) is 42.1 Å². The van der Waals surface area contributed by atoms with Gasteiger partial charge in [0.25, 0.3) is 5.91 Å². The molecule has 0 saturated carbocycles. The molecule has 0 bridgehead atoms. The van der Waals surface area contributed by atoms with Crippen molar-refractivity contribution in [2.24, 2.45) is 5.92 Å². The topological polar surface area (TPSA) is 105 Å². The van der Waals surface area contributed by atoms with Crippen molar-refractivity contribution in [2.75, 3.05) is 13.2 Å². The van der Waals surface area contributed by atoms with Gasteiger partial charge in [-0.25, -0.2) is 0 Å². The quantitative estimate of drug-likeness (QED) is 0.558. The van der Waals surface area contributed by atoms with Crippen molar-refractivity contribution < 1.29 is 24.2 Å². The summed E-state index contributed by atoms with van der Waals surface area (Å²) in [6, 6.07) is 6.53. The molecule has 2 unspecified atom stereocenters. The summed E-state index contributed by atoms with van der Waals surface area (Å²) in [5.41, 5.74) is 0.456. The number of carbonyl (C=O) groups is 3. The monoisotopic (exact) mass is 350 g/mol. The zero-order valence-electron chi connectivity index (χ0n) is 14.9. The summed E-state index contributed by atoms with van der Waals surface area (Å²) >= 11 is 0. The third-order valence-electron chi connectivity index (χ3n) is 3.83. The number of hydrogen-bond acceptors (Lipinski definition) is 4. The number of benzene rings is 1. The average molecular weight is 350 g/mol. The highest BCUT2D eigenvalue weighted by atomic mass is 16.5. The highest BCUT2D eigenvalue weighted by molar-refractivity contribution is 5.96. The van der Waals surface area contributed by atoms with E-state index in [1.165, 1.54) is 0 Å². The van der Waals surface area contributed by atoms with Crippen LogP contribution in [0.2, 0.25) is 0 Å². The van der Waals surface area contributed by atoms with E-state index < -0.39 is 17.9 Å². The molecule has 3 N–H and O–H groups in total. The molecule has 1 aromatic carbocycles. The molecule has 7 heteroatoms. The Morgan fingerprint density at radius 3 is 2.52 bits per heavy atom. The molecular formula is C18H26N2O5. The zero-order valence-corrected chi connectivity index (χ0v) is 14.9. The molecule has 25 heavy (non-hydrogen) atoms. The number of para-hydroxylation sites is 1. The molecule has 1 aromatic rings. The van der Waals surface area contributed by atoms with Crippen molar-refractivity contribution in [3.05, 3.63) is 29.8 Å². The molecule has 0 aliphatic carbocycles. The van der Waals surface area contributed by atoms with Crippen molar-refractivity contribution in [1.29, 1.82) is 0 Å². The third-order valence-corrected chi connectivity index (χ3v) is 3.83. The predicted molar refractivity (Wildman–Crippen MR) is 93.6 cm³/mol. The van der Waals surface area contributed by atoms with Crippen molar-refractivity contribution >= 4 is 17.8 Å². The lowest BCUT2D eigenvalue weighted by molar-refractivity contribution is -0.142. The fraction of sp³-hybridized carbons (Fsp3) is 0.500. The summed E-state index contributed by atoms with van der Waals surface area (Å²) < 4.78 is 5.42. The Morgan fingerprint density at radius 2 is 1.88 bits per heavy atom. The van der Waals surface area contributed by atoms with Gasteiger partial charge in [-0.3, -0.25) is 14.4 Å². The van der Waals surface area contributed by atoms with E-state index in [1.54, 1.807) is 38.1 Å². The van der Waals surface area contributed by atoms with E-state index in [-0.39, 0.29) is 18.2 Å². The molecule has 0 fully saturated rings. The number of carboxylic acids is 1. The third kappa shape index (κ3) is 6.82. The standard InChI is InChI=1S/C18H26N2O5/c1-4-25-15-9-6-5-8-14(15)17(22)19-11-7-10-16(21)20-13(3)12(2)18(23)24/h5-6,8-9,12-13H,4,7,10-11H2,1-3H3,(H,19,22)(H,20,21)(H,23,24). The van der Waals surface area contributed by atoms with E-state index in [0.29, 0.717) is 30.9 Å². The Morgan fingerprint density at radius 1 is 1.20 bits per heavy atom. The molecule has 0 aliphatic heterocycles. The van der Waals surface area contributed by atoms with E-state index in [0.717, 1.165) is 0 Å². The van der Waals surface area contributed by atoms with Crippen molar-refractivity contribution in [3.63, 3.8) is 0 Å². The summed E-state index contributed by atoms with van der Waals surface area (Å²) in [7, 11) is 0. The van der Waals surface area contributed by atoms with E-state index in [9.17, 15) is 14.4 Å². The normalized spacial score (nSPS) is 12.8. The van der Waals surface area contributed by atoms with Gasteiger partial charge in [-0.15, -0.1) is 0 Å². The lowest BCUT2D eigenvalue weighted by atomic mass is 10.0. The minimum Gasteiger partial charge on any atom is -0.493 e. The smallest absolute Gasteiger partial charge is 0.308 e. The lowest BCUT2D eigenvalue weighted by Crippen LogP contribution is -2.40. The van der Waals surface area contributed by atoms with E-state index in [1.807, 2.05) is 6.92 Å². The van der Waals surface area contributed by atoms with Crippen LogP contribution in [-0.2, 0) is 9.59 Å². The number of nitrogens with one attached hydrogen (secondary N) is 2. The van der Waals surface area contributed by atoms with Crippen LogP contribution in [0.1, 0.15) is 44.0 Å². The Hall–Kier alpha value is -2.57. The minimum absolute atomic E-state index is 0.212. The summed E-state index contributed by atoms with van der Waals surface area (Å²) in [5.74, 6) is -1.56. The average Bonchev–Trinajstić information content (AvgIpc) is 2.58. The number of ether oxygens (including phenoxy) is 1. The van der Waals surface area contributed by atoms with Crippen LogP contribution in [0.25, 0.3) is 0 Å². The van der Waals surface area contributed by atoms with E-state index in [2.05, 4.69) is 10.6 Å². The molecule has 0 radical (unpaired) electrons. The highest BCUT2D eigenvalue weighted by Gasteiger charge is 2.20. The maximum atomic E-state index is 12.2. The predicted octanol–water partition coefficient (Wildman–Crippen LogP) is 1.82. The second kappa shape index (κ2) is 10.3. The molecule has 0 spiro atoms. The largest absolute Gasteiger partial charge is 0.493 e. The number of hydrogen-bond donors (Lipinski definition) is 3. The number of carbonyl (C=O) groups excluding carboxylic acids is 2. The molecule has 0 aliphatic rings. The van der Waals surface area contributed by atoms with Crippen LogP contribution >= 0.6 is 0 Å².